The third-order valence-corrected chi connectivity index (χ3v) is 5.47. The average Bonchev–Trinajstić information content (AvgIpc) is 2.74. The molecule has 1 aliphatic heterocycles. The quantitative estimate of drug-likeness (QED) is 0.392. The zero-order valence-corrected chi connectivity index (χ0v) is 17.4. The summed E-state index contributed by atoms with van der Waals surface area (Å²) in [5.41, 5.74) is 2.92. The van der Waals surface area contributed by atoms with Gasteiger partial charge in [0.1, 0.15) is 17.1 Å². The molecule has 0 unspecified atom stereocenters. The second-order valence-corrected chi connectivity index (χ2v) is 7.56. The predicted molar refractivity (Wildman–Crippen MR) is 115 cm³/mol. The van der Waals surface area contributed by atoms with Gasteiger partial charge < -0.3 is 18.8 Å². The van der Waals surface area contributed by atoms with Crippen LogP contribution in [-0.4, -0.2) is 13.3 Å². The van der Waals surface area contributed by atoms with Crippen molar-refractivity contribution in [2.45, 2.75) is 39.7 Å². The van der Waals surface area contributed by atoms with Crippen molar-refractivity contribution in [3.8, 4) is 11.5 Å². The average molecular weight is 414 g/mol. The minimum atomic E-state index is -0.357. The summed E-state index contributed by atoms with van der Waals surface area (Å²) in [6, 6.07) is 11.3. The Hall–Kier alpha value is -2.66. The van der Waals surface area contributed by atoms with E-state index in [1.165, 1.54) is 6.07 Å². The standard InChI is InChI=1S/C23H24ClNO4/c1-3-5-10-27-17-8-6-16(7-9-17)25-13-19-22-18(12-20(24)23(19)28-14-25)15(4-2)11-21(26)29-22/h6-9,11-12H,3-5,10,13-14H2,1-2H3. The van der Waals surface area contributed by atoms with Crippen LogP contribution < -0.4 is 20.0 Å². The number of ether oxygens (including phenoxy) is 2. The number of hydrogen-bond donors (Lipinski definition) is 0. The monoisotopic (exact) mass is 413 g/mol. The highest BCUT2D eigenvalue weighted by molar-refractivity contribution is 6.33. The molecule has 152 valence electrons. The smallest absolute Gasteiger partial charge is 0.336 e. The maximum atomic E-state index is 12.1. The molecule has 0 radical (unpaired) electrons. The van der Waals surface area contributed by atoms with Gasteiger partial charge in [0.25, 0.3) is 0 Å². The predicted octanol–water partition coefficient (Wildman–Crippen LogP) is 5.54. The van der Waals surface area contributed by atoms with Gasteiger partial charge in [-0.1, -0.05) is 31.9 Å². The van der Waals surface area contributed by atoms with Crippen LogP contribution in [0.5, 0.6) is 11.5 Å². The van der Waals surface area contributed by atoms with Gasteiger partial charge in [-0.25, -0.2) is 4.79 Å². The topological polar surface area (TPSA) is 51.9 Å². The fourth-order valence-corrected chi connectivity index (χ4v) is 3.88. The number of rotatable bonds is 6. The van der Waals surface area contributed by atoms with Crippen molar-refractivity contribution in [2.75, 3.05) is 18.2 Å². The number of halogens is 1. The summed E-state index contributed by atoms with van der Waals surface area (Å²) in [6.07, 6.45) is 2.87. The Balaban J connectivity index is 1.66. The number of aryl methyl sites for hydroxylation is 1. The van der Waals surface area contributed by atoms with E-state index in [2.05, 4.69) is 11.8 Å². The Morgan fingerprint density at radius 2 is 1.97 bits per heavy atom. The Morgan fingerprint density at radius 1 is 1.17 bits per heavy atom. The normalized spacial score (nSPS) is 13.3. The number of anilines is 1. The maximum absolute atomic E-state index is 12.1. The van der Waals surface area contributed by atoms with Crippen LogP contribution in [0.2, 0.25) is 5.02 Å². The highest BCUT2D eigenvalue weighted by atomic mass is 35.5. The van der Waals surface area contributed by atoms with E-state index >= 15 is 0 Å². The van der Waals surface area contributed by atoms with E-state index < -0.39 is 0 Å². The first-order valence-electron chi connectivity index (χ1n) is 9.99. The van der Waals surface area contributed by atoms with Gasteiger partial charge in [-0.2, -0.15) is 0 Å². The lowest BCUT2D eigenvalue weighted by Crippen LogP contribution is -2.32. The molecule has 4 rings (SSSR count). The first-order chi connectivity index (χ1) is 14.1. The Labute approximate surface area is 174 Å². The van der Waals surface area contributed by atoms with Gasteiger partial charge in [0.2, 0.25) is 0 Å². The van der Waals surface area contributed by atoms with Crippen molar-refractivity contribution in [3.63, 3.8) is 0 Å². The summed E-state index contributed by atoms with van der Waals surface area (Å²) in [4.78, 5) is 14.1. The molecule has 5 nitrogen and oxygen atoms in total. The van der Waals surface area contributed by atoms with Crippen molar-refractivity contribution in [1.29, 1.82) is 0 Å². The van der Waals surface area contributed by atoms with E-state index in [4.69, 9.17) is 25.5 Å². The minimum absolute atomic E-state index is 0.357. The molecule has 0 fully saturated rings. The van der Waals surface area contributed by atoms with Crippen LogP contribution >= 0.6 is 11.6 Å². The van der Waals surface area contributed by atoms with Crippen molar-refractivity contribution in [2.24, 2.45) is 0 Å². The molecule has 0 bridgehead atoms. The lowest BCUT2D eigenvalue weighted by Gasteiger charge is -2.31. The van der Waals surface area contributed by atoms with Gasteiger partial charge in [-0.15, -0.1) is 0 Å². The van der Waals surface area contributed by atoms with E-state index in [1.807, 2.05) is 37.3 Å². The Bertz CT molecular complexity index is 1070. The molecule has 0 amide bonds. The summed E-state index contributed by atoms with van der Waals surface area (Å²) in [6.45, 7) is 5.78. The molecule has 0 saturated heterocycles. The van der Waals surface area contributed by atoms with Gasteiger partial charge in [0, 0.05) is 17.1 Å². The second-order valence-electron chi connectivity index (χ2n) is 7.15. The molecule has 0 aliphatic carbocycles. The second kappa shape index (κ2) is 8.37. The number of benzene rings is 2. The first kappa shape index (κ1) is 19.6. The fourth-order valence-electron chi connectivity index (χ4n) is 3.60. The number of unbranched alkanes of at least 4 members (excludes halogenated alkanes) is 1. The molecule has 29 heavy (non-hydrogen) atoms. The van der Waals surface area contributed by atoms with Crippen LogP contribution in [0.1, 0.15) is 37.8 Å². The van der Waals surface area contributed by atoms with Gasteiger partial charge in [0.15, 0.2) is 6.73 Å². The van der Waals surface area contributed by atoms with Crippen LogP contribution in [0.25, 0.3) is 11.0 Å². The first-order valence-corrected chi connectivity index (χ1v) is 10.4. The summed E-state index contributed by atoms with van der Waals surface area (Å²) in [7, 11) is 0. The third-order valence-electron chi connectivity index (χ3n) is 5.18. The summed E-state index contributed by atoms with van der Waals surface area (Å²) in [5.74, 6) is 1.44. The Morgan fingerprint density at radius 3 is 2.69 bits per heavy atom. The highest BCUT2D eigenvalue weighted by Gasteiger charge is 2.25. The molecule has 0 spiro atoms. The van der Waals surface area contributed by atoms with E-state index in [1.54, 1.807) is 0 Å². The van der Waals surface area contributed by atoms with Crippen molar-refractivity contribution < 1.29 is 13.9 Å². The lowest BCUT2D eigenvalue weighted by atomic mass is 10.0. The van der Waals surface area contributed by atoms with Crippen molar-refractivity contribution in [3.05, 3.63) is 63.0 Å². The lowest BCUT2D eigenvalue weighted by molar-refractivity contribution is 0.289. The van der Waals surface area contributed by atoms with Crippen molar-refractivity contribution in [1.82, 2.24) is 0 Å². The SMILES string of the molecule is CCCCOc1ccc(N2COc3c(Cl)cc4c(CC)cc(=O)oc4c3C2)cc1. The minimum Gasteiger partial charge on any atom is -0.494 e. The molecule has 1 aromatic heterocycles. The highest BCUT2D eigenvalue weighted by Crippen LogP contribution is 2.40. The molecular weight excluding hydrogens is 390 g/mol. The molecule has 1 aliphatic rings. The van der Waals surface area contributed by atoms with Crippen LogP contribution in [0.15, 0.2) is 45.6 Å². The van der Waals surface area contributed by atoms with Gasteiger partial charge in [-0.3, -0.25) is 0 Å². The van der Waals surface area contributed by atoms with E-state index in [0.29, 0.717) is 29.6 Å². The molecule has 2 heterocycles. The zero-order valence-electron chi connectivity index (χ0n) is 16.7. The molecular formula is C23H24ClNO4. The zero-order chi connectivity index (χ0) is 20.4. The Kier molecular flexibility index (Phi) is 5.67. The van der Waals surface area contributed by atoms with Crippen LogP contribution in [0.3, 0.4) is 0 Å². The largest absolute Gasteiger partial charge is 0.494 e. The van der Waals surface area contributed by atoms with Crippen LogP contribution in [0.4, 0.5) is 5.69 Å². The molecule has 2 aromatic carbocycles. The van der Waals surface area contributed by atoms with Gasteiger partial charge in [0.05, 0.1) is 23.7 Å². The molecule has 3 aromatic rings. The fraction of sp³-hybridized carbons (Fsp3) is 0.348. The molecule has 0 saturated carbocycles. The maximum Gasteiger partial charge on any atom is 0.336 e. The number of hydrogen-bond acceptors (Lipinski definition) is 5. The van der Waals surface area contributed by atoms with Crippen molar-refractivity contribution >= 4 is 28.3 Å². The number of fused-ring (bicyclic) bond motifs is 3. The van der Waals surface area contributed by atoms with Crippen LogP contribution in [-0.2, 0) is 13.0 Å². The summed E-state index contributed by atoms with van der Waals surface area (Å²) in [5, 5.41) is 1.40. The molecule has 0 atom stereocenters. The van der Waals surface area contributed by atoms with Gasteiger partial charge in [-0.05, 0) is 48.7 Å². The third kappa shape index (κ3) is 3.92. The summed E-state index contributed by atoms with van der Waals surface area (Å²) < 4.78 is 17.3. The van der Waals surface area contributed by atoms with Gasteiger partial charge >= 0.3 is 5.63 Å². The van der Waals surface area contributed by atoms with E-state index in [-0.39, 0.29) is 5.63 Å². The molecule has 0 N–H and O–H groups in total. The number of nitrogens with zero attached hydrogens (tertiary/aromatic N) is 1. The molecule has 6 heteroatoms. The van der Waals surface area contributed by atoms with Crippen LogP contribution in [0, 0.1) is 0 Å². The van der Waals surface area contributed by atoms with E-state index in [9.17, 15) is 4.79 Å². The summed E-state index contributed by atoms with van der Waals surface area (Å²) >= 11 is 6.48. The van der Waals surface area contributed by atoms with E-state index in [0.717, 1.165) is 53.8 Å².